The molecule has 0 aromatic rings. The first-order valence-corrected chi connectivity index (χ1v) is 4.28. The van der Waals surface area contributed by atoms with Crippen molar-refractivity contribution in [2.75, 3.05) is 0 Å². The third-order valence-electron chi connectivity index (χ3n) is 1.91. The van der Waals surface area contributed by atoms with E-state index >= 15 is 0 Å². The van der Waals surface area contributed by atoms with Crippen LogP contribution in [0.25, 0.3) is 0 Å². The molecule has 0 fully saturated rings. The second-order valence-corrected chi connectivity index (χ2v) is 2.86. The highest BCUT2D eigenvalue weighted by Crippen LogP contribution is 2.20. The molecule has 0 aromatic heterocycles. The molecule has 13 heavy (non-hydrogen) atoms. The molecule has 0 spiro atoms. The highest BCUT2D eigenvalue weighted by molar-refractivity contribution is 6.12. The number of hydrogen-bond donors (Lipinski definition) is 0. The molecule has 1 rings (SSSR count). The number of rotatable bonds is 3. The predicted molar refractivity (Wildman–Crippen MR) is 47.8 cm³/mol. The zero-order valence-electron chi connectivity index (χ0n) is 7.79. The summed E-state index contributed by atoms with van der Waals surface area (Å²) in [5, 5.41) is 0. The third-order valence-corrected chi connectivity index (χ3v) is 1.91. The molecule has 0 radical (unpaired) electrons. The summed E-state index contributed by atoms with van der Waals surface area (Å²) in [7, 11) is 0. The van der Waals surface area contributed by atoms with Crippen LogP contribution in [0.5, 0.6) is 0 Å². The van der Waals surface area contributed by atoms with Crippen LogP contribution in [0.3, 0.4) is 0 Å². The Labute approximate surface area is 77.1 Å². The summed E-state index contributed by atoms with van der Waals surface area (Å²) in [5.41, 5.74) is 0.917. The van der Waals surface area contributed by atoms with Crippen LogP contribution in [0.1, 0.15) is 26.7 Å². The van der Waals surface area contributed by atoms with Gasteiger partial charge in [0.05, 0.1) is 5.57 Å². The molecule has 3 heteroatoms. The number of esters is 2. The van der Waals surface area contributed by atoms with Gasteiger partial charge in [-0.2, -0.15) is 0 Å². The number of carbonyl (C=O) groups excluding carboxylic acids is 2. The van der Waals surface area contributed by atoms with E-state index in [2.05, 4.69) is 4.74 Å². The standard InChI is InChI=1S/C10H12O3/c1-3-4-5-6-8-7(2)9(11)13-10(8)12/h4-5H,3,6H2,1-2H3. The lowest BCUT2D eigenvalue weighted by molar-refractivity contribution is -0.151. The molecule has 0 N–H and O–H groups in total. The molecule has 0 unspecified atom stereocenters. The summed E-state index contributed by atoms with van der Waals surface area (Å²) >= 11 is 0. The lowest BCUT2D eigenvalue weighted by Gasteiger charge is -1.91. The van der Waals surface area contributed by atoms with Crippen LogP contribution in [0.4, 0.5) is 0 Å². The third kappa shape index (κ3) is 2.05. The maximum atomic E-state index is 11.1. The topological polar surface area (TPSA) is 43.4 Å². The quantitative estimate of drug-likeness (QED) is 0.377. The molecule has 1 aliphatic rings. The van der Waals surface area contributed by atoms with Crippen molar-refractivity contribution >= 4 is 11.9 Å². The highest BCUT2D eigenvalue weighted by atomic mass is 16.6. The van der Waals surface area contributed by atoms with Gasteiger partial charge >= 0.3 is 11.9 Å². The number of ether oxygens (including phenoxy) is 1. The van der Waals surface area contributed by atoms with E-state index in [0.717, 1.165) is 6.42 Å². The van der Waals surface area contributed by atoms with Crippen LogP contribution in [-0.4, -0.2) is 11.9 Å². The molecular weight excluding hydrogens is 168 g/mol. The van der Waals surface area contributed by atoms with Gasteiger partial charge in [0.2, 0.25) is 0 Å². The fraction of sp³-hybridized carbons (Fsp3) is 0.400. The summed E-state index contributed by atoms with van der Waals surface area (Å²) in [6.45, 7) is 3.62. The van der Waals surface area contributed by atoms with E-state index in [1.807, 2.05) is 19.1 Å². The molecule has 0 aromatic carbocycles. The van der Waals surface area contributed by atoms with Gasteiger partial charge in [-0.3, -0.25) is 0 Å². The van der Waals surface area contributed by atoms with Gasteiger partial charge in [0.15, 0.2) is 0 Å². The fourth-order valence-corrected chi connectivity index (χ4v) is 1.10. The van der Waals surface area contributed by atoms with Crippen molar-refractivity contribution in [2.24, 2.45) is 0 Å². The first-order valence-electron chi connectivity index (χ1n) is 4.28. The fourth-order valence-electron chi connectivity index (χ4n) is 1.10. The summed E-state index contributed by atoms with van der Waals surface area (Å²) in [6, 6.07) is 0. The Kier molecular flexibility index (Phi) is 3.01. The van der Waals surface area contributed by atoms with Gasteiger partial charge in [-0.15, -0.1) is 0 Å². The van der Waals surface area contributed by atoms with E-state index in [0.29, 0.717) is 17.6 Å². The van der Waals surface area contributed by atoms with Crippen molar-refractivity contribution in [2.45, 2.75) is 26.7 Å². The number of hydrogen-bond acceptors (Lipinski definition) is 3. The Balaban J connectivity index is 2.72. The van der Waals surface area contributed by atoms with Crippen molar-refractivity contribution in [3.63, 3.8) is 0 Å². The van der Waals surface area contributed by atoms with Crippen molar-refractivity contribution in [1.29, 1.82) is 0 Å². The Morgan fingerprint density at radius 1 is 1.23 bits per heavy atom. The molecular formula is C10H12O3. The van der Waals surface area contributed by atoms with Gasteiger partial charge in [0, 0.05) is 5.57 Å². The monoisotopic (exact) mass is 180 g/mol. The van der Waals surface area contributed by atoms with E-state index in [-0.39, 0.29) is 0 Å². The normalized spacial score (nSPS) is 17.4. The van der Waals surface area contributed by atoms with Gasteiger partial charge in [0.25, 0.3) is 0 Å². The van der Waals surface area contributed by atoms with Crippen LogP contribution in [0.15, 0.2) is 23.3 Å². The first-order chi connectivity index (χ1) is 6.16. The van der Waals surface area contributed by atoms with E-state index < -0.39 is 11.9 Å². The van der Waals surface area contributed by atoms with Crippen molar-refractivity contribution in [3.8, 4) is 0 Å². The smallest absolute Gasteiger partial charge is 0.342 e. The van der Waals surface area contributed by atoms with Gasteiger partial charge in [-0.25, -0.2) is 9.59 Å². The molecule has 1 heterocycles. The SMILES string of the molecule is CCC=CCC1=C(C)C(=O)OC1=O. The van der Waals surface area contributed by atoms with Gasteiger partial charge in [0.1, 0.15) is 0 Å². The van der Waals surface area contributed by atoms with Crippen molar-refractivity contribution in [3.05, 3.63) is 23.3 Å². The molecule has 70 valence electrons. The predicted octanol–water partition coefficient (Wildman–Crippen LogP) is 1.74. The average molecular weight is 180 g/mol. The molecule has 3 nitrogen and oxygen atoms in total. The number of allylic oxidation sites excluding steroid dienone is 2. The molecule has 1 aliphatic heterocycles. The lowest BCUT2D eigenvalue weighted by Crippen LogP contribution is -2.01. The second kappa shape index (κ2) is 4.03. The zero-order valence-corrected chi connectivity index (χ0v) is 7.79. The van der Waals surface area contributed by atoms with Crippen LogP contribution < -0.4 is 0 Å². The summed E-state index contributed by atoms with van der Waals surface area (Å²) in [5.74, 6) is -1.01. The zero-order chi connectivity index (χ0) is 9.84. The van der Waals surface area contributed by atoms with Gasteiger partial charge < -0.3 is 4.74 Å². The van der Waals surface area contributed by atoms with E-state index in [1.54, 1.807) is 6.92 Å². The Morgan fingerprint density at radius 3 is 2.38 bits per heavy atom. The lowest BCUT2D eigenvalue weighted by atomic mass is 10.1. The number of cyclic esters (lactones) is 2. The minimum absolute atomic E-state index is 0.436. The van der Waals surface area contributed by atoms with Crippen molar-refractivity contribution < 1.29 is 14.3 Å². The minimum atomic E-state index is -0.509. The second-order valence-electron chi connectivity index (χ2n) is 2.86. The summed E-state index contributed by atoms with van der Waals surface area (Å²) in [6.07, 6.45) is 5.24. The molecule has 0 amide bonds. The Hall–Kier alpha value is -1.38. The van der Waals surface area contributed by atoms with Crippen LogP contribution in [0, 0.1) is 0 Å². The highest BCUT2D eigenvalue weighted by Gasteiger charge is 2.28. The molecule has 0 atom stereocenters. The van der Waals surface area contributed by atoms with Gasteiger partial charge in [-0.1, -0.05) is 19.1 Å². The maximum Gasteiger partial charge on any atom is 0.342 e. The molecule has 0 bridgehead atoms. The van der Waals surface area contributed by atoms with Gasteiger partial charge in [-0.05, 0) is 19.8 Å². The Bertz CT molecular complexity index is 297. The van der Waals surface area contributed by atoms with Crippen molar-refractivity contribution in [1.82, 2.24) is 0 Å². The van der Waals surface area contributed by atoms with E-state index in [1.165, 1.54) is 0 Å². The van der Waals surface area contributed by atoms with E-state index in [9.17, 15) is 9.59 Å². The number of carbonyl (C=O) groups is 2. The van der Waals surface area contributed by atoms with Crippen LogP contribution in [0.2, 0.25) is 0 Å². The first kappa shape index (κ1) is 9.71. The molecule has 0 aliphatic carbocycles. The average Bonchev–Trinajstić information content (AvgIpc) is 2.32. The Morgan fingerprint density at radius 2 is 1.92 bits per heavy atom. The summed E-state index contributed by atoms with van der Waals surface area (Å²) in [4.78, 5) is 22.0. The summed E-state index contributed by atoms with van der Waals surface area (Å²) < 4.78 is 4.43. The van der Waals surface area contributed by atoms with Crippen LogP contribution >= 0.6 is 0 Å². The minimum Gasteiger partial charge on any atom is -0.386 e. The molecule has 0 saturated heterocycles. The van der Waals surface area contributed by atoms with Crippen LogP contribution in [-0.2, 0) is 14.3 Å². The van der Waals surface area contributed by atoms with E-state index in [4.69, 9.17) is 0 Å². The maximum absolute atomic E-state index is 11.1. The largest absolute Gasteiger partial charge is 0.386 e. The molecule has 0 saturated carbocycles.